The summed E-state index contributed by atoms with van der Waals surface area (Å²) in [6.45, 7) is 2.60. The SMILES string of the molecule is Cc1ccc(Cl)cc1CN=C(N)N(C)C.I. The summed E-state index contributed by atoms with van der Waals surface area (Å²) in [5, 5.41) is 0.731. The summed E-state index contributed by atoms with van der Waals surface area (Å²) in [5.74, 6) is 0.523. The third-order valence-electron chi connectivity index (χ3n) is 2.18. The van der Waals surface area contributed by atoms with E-state index in [9.17, 15) is 0 Å². The standard InChI is InChI=1S/C11H16ClN3.HI/c1-8-4-5-10(12)6-9(8)7-14-11(13)15(2)3;/h4-6H,7H2,1-3H3,(H2,13,14);1H. The Balaban J connectivity index is 0.00000225. The molecule has 0 aliphatic rings. The van der Waals surface area contributed by atoms with Crippen LogP contribution in [0.5, 0.6) is 0 Å². The molecular weight excluding hydrogens is 336 g/mol. The summed E-state index contributed by atoms with van der Waals surface area (Å²) < 4.78 is 0. The maximum absolute atomic E-state index is 5.90. The number of aliphatic imine (C=N–C) groups is 1. The van der Waals surface area contributed by atoms with Crippen molar-refractivity contribution in [2.45, 2.75) is 13.5 Å². The van der Waals surface area contributed by atoms with Crippen molar-refractivity contribution < 1.29 is 0 Å². The highest BCUT2D eigenvalue weighted by atomic mass is 127. The predicted octanol–water partition coefficient (Wildman–Crippen LogP) is 2.64. The monoisotopic (exact) mass is 353 g/mol. The van der Waals surface area contributed by atoms with Crippen LogP contribution in [0.2, 0.25) is 5.02 Å². The molecule has 0 saturated heterocycles. The van der Waals surface area contributed by atoms with Crippen LogP contribution in [0, 0.1) is 6.92 Å². The number of nitrogens with two attached hydrogens (primary N) is 1. The fourth-order valence-corrected chi connectivity index (χ4v) is 1.31. The molecule has 0 saturated carbocycles. The maximum Gasteiger partial charge on any atom is 0.191 e. The zero-order chi connectivity index (χ0) is 11.4. The number of guanidine groups is 1. The first-order chi connectivity index (χ1) is 7.00. The van der Waals surface area contributed by atoms with Gasteiger partial charge in [0.15, 0.2) is 5.96 Å². The summed E-state index contributed by atoms with van der Waals surface area (Å²) in [6, 6.07) is 5.78. The van der Waals surface area contributed by atoms with Gasteiger partial charge in [0, 0.05) is 19.1 Å². The molecule has 0 amide bonds. The van der Waals surface area contributed by atoms with E-state index in [0.717, 1.165) is 10.6 Å². The van der Waals surface area contributed by atoms with Crippen molar-refractivity contribution in [3.05, 3.63) is 34.3 Å². The van der Waals surface area contributed by atoms with Crippen LogP contribution in [-0.4, -0.2) is 25.0 Å². The van der Waals surface area contributed by atoms with Gasteiger partial charge in [0.2, 0.25) is 0 Å². The molecule has 1 rings (SSSR count). The van der Waals surface area contributed by atoms with Crippen LogP contribution < -0.4 is 5.73 Å². The molecule has 0 heterocycles. The normalized spacial score (nSPS) is 10.9. The van der Waals surface area contributed by atoms with E-state index in [1.54, 1.807) is 4.90 Å². The minimum absolute atomic E-state index is 0. The lowest BCUT2D eigenvalue weighted by Crippen LogP contribution is -2.30. The molecule has 90 valence electrons. The van der Waals surface area contributed by atoms with Crippen molar-refractivity contribution >= 4 is 41.5 Å². The Morgan fingerprint density at radius 3 is 2.62 bits per heavy atom. The molecule has 0 fully saturated rings. The predicted molar refractivity (Wildman–Crippen MR) is 80.6 cm³/mol. The number of benzene rings is 1. The number of rotatable bonds is 2. The highest BCUT2D eigenvalue weighted by molar-refractivity contribution is 14.0. The van der Waals surface area contributed by atoms with Crippen molar-refractivity contribution in [3.63, 3.8) is 0 Å². The molecular formula is C11H17ClIN3. The van der Waals surface area contributed by atoms with Gasteiger partial charge in [-0.3, -0.25) is 0 Å². The molecule has 0 spiro atoms. The van der Waals surface area contributed by atoms with Crippen molar-refractivity contribution in [2.24, 2.45) is 10.7 Å². The van der Waals surface area contributed by atoms with E-state index < -0.39 is 0 Å². The molecule has 1 aromatic rings. The largest absolute Gasteiger partial charge is 0.370 e. The molecule has 2 N–H and O–H groups in total. The molecule has 3 nitrogen and oxygen atoms in total. The van der Waals surface area contributed by atoms with Crippen LogP contribution in [0.1, 0.15) is 11.1 Å². The van der Waals surface area contributed by atoms with Gasteiger partial charge in [-0.25, -0.2) is 4.99 Å². The van der Waals surface area contributed by atoms with Gasteiger partial charge in [-0.1, -0.05) is 17.7 Å². The first kappa shape index (κ1) is 15.5. The molecule has 0 atom stereocenters. The Morgan fingerprint density at radius 1 is 1.44 bits per heavy atom. The number of halogens is 2. The summed E-state index contributed by atoms with van der Waals surface area (Å²) in [7, 11) is 3.73. The zero-order valence-corrected chi connectivity index (χ0v) is 12.8. The van der Waals surface area contributed by atoms with E-state index in [-0.39, 0.29) is 24.0 Å². The van der Waals surface area contributed by atoms with Crippen LogP contribution in [0.25, 0.3) is 0 Å². The van der Waals surface area contributed by atoms with E-state index in [0.29, 0.717) is 12.5 Å². The number of nitrogens with zero attached hydrogens (tertiary/aromatic N) is 2. The zero-order valence-electron chi connectivity index (χ0n) is 9.70. The second kappa shape index (κ2) is 6.96. The average molecular weight is 354 g/mol. The first-order valence-corrected chi connectivity index (χ1v) is 5.11. The molecule has 16 heavy (non-hydrogen) atoms. The van der Waals surface area contributed by atoms with Crippen molar-refractivity contribution in [1.29, 1.82) is 0 Å². The average Bonchev–Trinajstić information content (AvgIpc) is 2.18. The number of hydrogen-bond acceptors (Lipinski definition) is 1. The summed E-state index contributed by atoms with van der Waals surface area (Å²) in [6.07, 6.45) is 0. The first-order valence-electron chi connectivity index (χ1n) is 4.73. The third-order valence-corrected chi connectivity index (χ3v) is 2.42. The van der Waals surface area contributed by atoms with Gasteiger partial charge in [0.25, 0.3) is 0 Å². The van der Waals surface area contributed by atoms with Crippen molar-refractivity contribution in [3.8, 4) is 0 Å². The molecule has 0 radical (unpaired) electrons. The fourth-order valence-electron chi connectivity index (χ4n) is 1.12. The van der Waals surface area contributed by atoms with Crippen LogP contribution in [0.15, 0.2) is 23.2 Å². The molecule has 0 aliphatic heterocycles. The highest BCUT2D eigenvalue weighted by Gasteiger charge is 1.99. The van der Waals surface area contributed by atoms with Gasteiger partial charge in [0.1, 0.15) is 0 Å². The summed E-state index contributed by atoms with van der Waals surface area (Å²) in [5.41, 5.74) is 7.98. The summed E-state index contributed by atoms with van der Waals surface area (Å²) >= 11 is 5.90. The Labute approximate surface area is 119 Å². The van der Waals surface area contributed by atoms with E-state index in [2.05, 4.69) is 4.99 Å². The Hall–Kier alpha value is -0.490. The Kier molecular flexibility index (Phi) is 6.74. The number of aryl methyl sites for hydroxylation is 1. The molecule has 0 bridgehead atoms. The fraction of sp³-hybridized carbons (Fsp3) is 0.364. The highest BCUT2D eigenvalue weighted by Crippen LogP contribution is 2.16. The lowest BCUT2D eigenvalue weighted by atomic mass is 10.1. The van der Waals surface area contributed by atoms with Crippen LogP contribution >= 0.6 is 35.6 Å². The van der Waals surface area contributed by atoms with Gasteiger partial charge in [0.05, 0.1) is 6.54 Å². The topological polar surface area (TPSA) is 41.6 Å². The summed E-state index contributed by atoms with van der Waals surface area (Å²) in [4.78, 5) is 6.04. The molecule has 1 aromatic carbocycles. The molecule has 0 unspecified atom stereocenters. The smallest absolute Gasteiger partial charge is 0.191 e. The lowest BCUT2D eigenvalue weighted by Gasteiger charge is -2.11. The van der Waals surface area contributed by atoms with E-state index in [4.69, 9.17) is 17.3 Å². The van der Waals surface area contributed by atoms with Crippen LogP contribution in [0.4, 0.5) is 0 Å². The van der Waals surface area contributed by atoms with Crippen LogP contribution in [0.3, 0.4) is 0 Å². The van der Waals surface area contributed by atoms with Gasteiger partial charge in [-0.05, 0) is 30.2 Å². The maximum atomic E-state index is 5.90. The van der Waals surface area contributed by atoms with Gasteiger partial charge in [-0.2, -0.15) is 0 Å². The second-order valence-corrected chi connectivity index (χ2v) is 4.08. The molecule has 5 heteroatoms. The minimum Gasteiger partial charge on any atom is -0.370 e. The van der Waals surface area contributed by atoms with Crippen molar-refractivity contribution in [2.75, 3.05) is 14.1 Å². The van der Waals surface area contributed by atoms with Crippen LogP contribution in [-0.2, 0) is 6.54 Å². The van der Waals surface area contributed by atoms with Crippen molar-refractivity contribution in [1.82, 2.24) is 4.90 Å². The third kappa shape index (κ3) is 4.57. The quantitative estimate of drug-likeness (QED) is 0.504. The van der Waals surface area contributed by atoms with Gasteiger partial charge in [-0.15, -0.1) is 24.0 Å². The molecule has 0 aliphatic carbocycles. The minimum atomic E-state index is 0. The Bertz CT molecular complexity index is 377. The Morgan fingerprint density at radius 2 is 2.06 bits per heavy atom. The lowest BCUT2D eigenvalue weighted by molar-refractivity contribution is 0.609. The second-order valence-electron chi connectivity index (χ2n) is 3.64. The van der Waals surface area contributed by atoms with Gasteiger partial charge < -0.3 is 10.6 Å². The van der Waals surface area contributed by atoms with E-state index in [1.807, 2.05) is 39.2 Å². The van der Waals surface area contributed by atoms with Gasteiger partial charge >= 0.3 is 0 Å². The van der Waals surface area contributed by atoms with E-state index >= 15 is 0 Å². The number of hydrogen-bond donors (Lipinski definition) is 1. The molecule has 0 aromatic heterocycles. The van der Waals surface area contributed by atoms with E-state index in [1.165, 1.54) is 5.56 Å².